The lowest BCUT2D eigenvalue weighted by molar-refractivity contribution is 0.488. The molecule has 0 amide bonds. The average molecular weight is 789 g/mol. The van der Waals surface area contributed by atoms with Crippen LogP contribution in [0.2, 0.25) is 13.0 Å². The van der Waals surface area contributed by atoms with Crippen LogP contribution in [0, 0.1) is 20.6 Å². The molecule has 3 heterocycles. The highest BCUT2D eigenvalue weighted by Gasteiger charge is 2.39. The molecule has 0 N–H and O–H groups in total. The quantitative estimate of drug-likeness (QED) is 0.164. The second-order valence-electron chi connectivity index (χ2n) is 15.4. The summed E-state index contributed by atoms with van der Waals surface area (Å²) in [4.78, 5) is 4.62. The summed E-state index contributed by atoms with van der Waals surface area (Å²) >= 11 is 0. The van der Waals surface area contributed by atoms with Crippen molar-refractivity contribution in [1.82, 2.24) is 9.38 Å². The minimum Gasteiger partial charge on any atom is -0.457 e. The molecular formula is C54H40N2O2Si. The average Bonchev–Trinajstić information content (AvgIpc) is 3.87. The molecular weight excluding hydrogens is 737 g/mol. The minimum atomic E-state index is -5.23. The molecule has 0 fully saturated rings. The number of benzene rings is 8. The molecule has 8 aromatic carbocycles. The number of imidazole rings is 1. The fourth-order valence-electron chi connectivity index (χ4n) is 9.39. The predicted octanol–water partition coefficient (Wildman–Crippen LogP) is 13.4. The highest BCUT2D eigenvalue weighted by molar-refractivity contribution is 7.02. The van der Waals surface area contributed by atoms with Gasteiger partial charge in [-0.25, -0.2) is 0 Å². The van der Waals surface area contributed by atoms with E-state index in [0.29, 0.717) is 33.2 Å². The molecule has 10 aromatic rings. The number of nitrogens with zero attached hydrogens (tertiary/aromatic N) is 2. The Bertz CT molecular complexity index is 3880. The van der Waals surface area contributed by atoms with Gasteiger partial charge in [0.15, 0.2) is 5.58 Å². The molecule has 12 rings (SSSR count). The maximum Gasteiger partial charge on any atom is 0.307 e. The lowest BCUT2D eigenvalue weighted by Gasteiger charge is -2.35. The van der Waals surface area contributed by atoms with Crippen molar-refractivity contribution in [3.8, 4) is 78.3 Å². The molecule has 2 aliphatic rings. The standard InChI is InChI=1S/C54H40N2O2Si/c1-31-23-27-48-53(50(31)34-24-25-41-39-18-9-8-16-37(39)35-14-6-7-15-36(35)38-17-10-11-19-40(38)43(41)29-34)57-47-28-33(3)42(30-49(47)59(48,4)5)51-32(2)22-26-46-52(51)58-54-55-44-20-12-13-21-45(44)56(46)54/h6-30H,1-5H3/i2D3,3D3,4D3,5D3. The van der Waals surface area contributed by atoms with Crippen LogP contribution in [-0.2, 0) is 0 Å². The van der Waals surface area contributed by atoms with Gasteiger partial charge >= 0.3 is 5.84 Å². The van der Waals surface area contributed by atoms with Crippen molar-refractivity contribution in [1.29, 1.82) is 0 Å². The van der Waals surface area contributed by atoms with Gasteiger partial charge in [0.1, 0.15) is 19.6 Å². The highest BCUT2D eigenvalue weighted by Crippen LogP contribution is 2.50. The SMILES string of the molecule is [2H]C([2H])([2H])c1cc2c(cc1-c1c(C([2H])([2H])[2H])ccc3c1oc1nc4ccccc4n13)[Si](C([2H])([2H])[2H])(C([2H])([2H])[2H])c1ccc(C)c(-c3ccc4c(c3)-c3ccccc3-c3ccccc3-c3ccccc3-4)c1O2. The number of oxazole rings is 1. The van der Waals surface area contributed by atoms with Crippen LogP contribution in [0.1, 0.15) is 33.1 Å². The van der Waals surface area contributed by atoms with Gasteiger partial charge in [0.05, 0.1) is 16.6 Å². The van der Waals surface area contributed by atoms with Gasteiger partial charge in [-0.05, 0) is 134 Å². The van der Waals surface area contributed by atoms with E-state index in [1.807, 2.05) is 79.7 Å². The fourth-order valence-corrected chi connectivity index (χ4v) is 11.4. The number of para-hydroxylation sites is 2. The summed E-state index contributed by atoms with van der Waals surface area (Å²) in [5.74, 6) is -0.128. The number of aromatic nitrogens is 2. The Hall–Kier alpha value is -6.95. The summed E-state index contributed by atoms with van der Waals surface area (Å²) < 4.78 is 124. The van der Waals surface area contributed by atoms with E-state index >= 15 is 0 Å². The number of aryl methyl sites for hydroxylation is 3. The number of hydrogen-bond donors (Lipinski definition) is 0. The van der Waals surface area contributed by atoms with Crippen LogP contribution in [0.4, 0.5) is 0 Å². The van der Waals surface area contributed by atoms with Gasteiger partial charge in [-0.3, -0.25) is 4.40 Å². The van der Waals surface area contributed by atoms with Gasteiger partial charge in [0.25, 0.3) is 0 Å². The Kier molecular flexibility index (Phi) is 5.01. The first-order valence-corrected chi connectivity index (χ1v) is 21.5. The molecule has 0 unspecified atom stereocenters. The van der Waals surface area contributed by atoms with E-state index in [2.05, 4.69) is 41.4 Å². The lowest BCUT2D eigenvalue weighted by atomic mass is 9.80. The summed E-state index contributed by atoms with van der Waals surface area (Å²) in [5.41, 5.74) is 10.3. The molecule has 59 heavy (non-hydrogen) atoms. The Morgan fingerprint density at radius 3 is 1.83 bits per heavy atom. The second-order valence-corrected chi connectivity index (χ2v) is 18.0. The van der Waals surface area contributed by atoms with E-state index < -0.39 is 34.7 Å². The molecule has 0 saturated carbocycles. The van der Waals surface area contributed by atoms with Gasteiger partial charge in [-0.15, -0.1) is 0 Å². The second kappa shape index (κ2) is 12.3. The van der Waals surface area contributed by atoms with Crippen molar-refractivity contribution in [3.05, 3.63) is 168 Å². The third kappa shape index (κ3) is 4.79. The Balaban J connectivity index is 1.15. The third-order valence-electron chi connectivity index (χ3n) is 12.1. The number of ether oxygens (including phenoxy) is 1. The first kappa shape index (κ1) is 24.1. The maximum atomic E-state index is 9.40. The summed E-state index contributed by atoms with van der Waals surface area (Å²) in [6.45, 7) is -10.4. The molecule has 0 atom stereocenters. The zero-order chi connectivity index (χ0) is 49.7. The molecule has 2 aromatic heterocycles. The smallest absolute Gasteiger partial charge is 0.307 e. The number of fused-ring (bicyclic) bond motifs is 15. The van der Waals surface area contributed by atoms with E-state index in [0.717, 1.165) is 44.5 Å². The normalized spacial score (nSPS) is 17.3. The number of hydrogen-bond acceptors (Lipinski definition) is 3. The predicted molar refractivity (Wildman–Crippen MR) is 246 cm³/mol. The van der Waals surface area contributed by atoms with Gasteiger partial charge in [0, 0.05) is 27.6 Å². The van der Waals surface area contributed by atoms with Crippen LogP contribution in [-0.4, -0.2) is 17.5 Å². The molecule has 0 spiro atoms. The fraction of sp³-hybridized carbons (Fsp3) is 0.0926. The van der Waals surface area contributed by atoms with E-state index in [4.69, 9.17) is 17.4 Å². The zero-order valence-electron chi connectivity index (χ0n) is 43.6. The van der Waals surface area contributed by atoms with Crippen LogP contribution < -0.4 is 15.1 Å². The molecule has 0 radical (unpaired) electrons. The van der Waals surface area contributed by atoms with Gasteiger partial charge < -0.3 is 9.15 Å². The Morgan fingerprint density at radius 1 is 0.525 bits per heavy atom. The van der Waals surface area contributed by atoms with E-state index in [9.17, 15) is 8.22 Å². The molecule has 1 aliphatic heterocycles. The van der Waals surface area contributed by atoms with Crippen molar-refractivity contribution in [2.24, 2.45) is 0 Å². The Morgan fingerprint density at radius 2 is 1.15 bits per heavy atom. The zero-order valence-corrected chi connectivity index (χ0v) is 32.6. The molecule has 1 aliphatic carbocycles. The molecule has 282 valence electrons. The number of rotatable bonds is 2. The molecule has 0 saturated heterocycles. The monoisotopic (exact) mass is 788 g/mol. The first-order valence-electron chi connectivity index (χ1n) is 25.5. The summed E-state index contributed by atoms with van der Waals surface area (Å²) in [7, 11) is -5.23. The van der Waals surface area contributed by atoms with Crippen molar-refractivity contribution in [3.63, 3.8) is 0 Å². The Labute approximate surface area is 360 Å². The lowest BCUT2D eigenvalue weighted by Crippen LogP contribution is -2.56. The molecule has 4 nitrogen and oxygen atoms in total. The van der Waals surface area contributed by atoms with Gasteiger partial charge in [0.2, 0.25) is 0 Å². The van der Waals surface area contributed by atoms with Crippen molar-refractivity contribution in [2.75, 3.05) is 0 Å². The third-order valence-corrected chi connectivity index (χ3v) is 14.5. The first-order chi connectivity index (χ1) is 33.7. The molecule has 5 heteroatoms. The van der Waals surface area contributed by atoms with Crippen molar-refractivity contribution < 1.29 is 25.6 Å². The van der Waals surface area contributed by atoms with Crippen LogP contribution in [0.25, 0.3) is 94.7 Å². The van der Waals surface area contributed by atoms with E-state index in [-0.39, 0.29) is 55.6 Å². The largest absolute Gasteiger partial charge is 0.457 e. The highest BCUT2D eigenvalue weighted by atomic mass is 28.3. The van der Waals surface area contributed by atoms with Crippen LogP contribution in [0.3, 0.4) is 0 Å². The van der Waals surface area contributed by atoms with Crippen molar-refractivity contribution in [2.45, 2.75) is 33.6 Å². The molecule has 0 bridgehead atoms. The van der Waals surface area contributed by atoms with E-state index in [1.54, 1.807) is 22.6 Å². The summed E-state index contributed by atoms with van der Waals surface area (Å²) in [6, 6.07) is 46.4. The van der Waals surface area contributed by atoms with Crippen LogP contribution in [0.15, 0.2) is 156 Å². The summed E-state index contributed by atoms with van der Waals surface area (Å²) in [5, 5.41) is -0.248. The topological polar surface area (TPSA) is 39.7 Å². The van der Waals surface area contributed by atoms with E-state index in [1.165, 1.54) is 24.3 Å². The van der Waals surface area contributed by atoms with Crippen LogP contribution >= 0.6 is 0 Å². The van der Waals surface area contributed by atoms with Crippen LogP contribution in [0.5, 0.6) is 11.5 Å². The minimum absolute atomic E-state index is 0.00917. The van der Waals surface area contributed by atoms with Gasteiger partial charge in [-0.1, -0.05) is 134 Å². The van der Waals surface area contributed by atoms with Crippen molar-refractivity contribution >= 4 is 46.4 Å². The summed E-state index contributed by atoms with van der Waals surface area (Å²) in [6.07, 6.45) is 0. The maximum absolute atomic E-state index is 9.40. The van der Waals surface area contributed by atoms with Gasteiger partial charge in [-0.2, -0.15) is 4.98 Å².